The van der Waals surface area contributed by atoms with E-state index in [1.165, 1.54) is 33.6 Å². The molecule has 2 atom stereocenters. The van der Waals surface area contributed by atoms with Crippen LogP contribution in [0.3, 0.4) is 0 Å². The number of rotatable bonds is 7. The van der Waals surface area contributed by atoms with Gasteiger partial charge in [-0.3, -0.25) is 9.78 Å². The second-order valence-corrected chi connectivity index (χ2v) is 10.8. The summed E-state index contributed by atoms with van der Waals surface area (Å²) in [5.74, 6) is -0.0413. The van der Waals surface area contributed by atoms with Gasteiger partial charge in [0.05, 0.1) is 23.5 Å². The molecule has 0 saturated carbocycles. The highest BCUT2D eigenvalue weighted by molar-refractivity contribution is 7.80. The molecule has 0 spiro atoms. The number of amides is 1. The number of aromatic nitrogens is 2. The molecule has 2 N–H and O–H groups in total. The molecule has 3 heterocycles. The average Bonchev–Trinajstić information content (AvgIpc) is 3.38. The SMILES string of the molecule is Cc1cc(C)c(-n2c(C)cc([C@H]3[C@H](c4ccccn4)NC(=S)N3CCC(=O)Nc3ccccc3)c2C)c(C)c1. The molecule has 2 aromatic carbocycles. The number of hydrogen-bond acceptors (Lipinski definition) is 3. The first-order valence-corrected chi connectivity index (χ1v) is 13.8. The lowest BCUT2D eigenvalue weighted by atomic mass is 9.96. The lowest BCUT2D eigenvalue weighted by molar-refractivity contribution is -0.116. The molecule has 1 aliphatic rings. The second kappa shape index (κ2) is 11.0. The Hall–Kier alpha value is -3.97. The molecule has 5 rings (SSSR count). The zero-order valence-electron chi connectivity index (χ0n) is 23.2. The molecule has 1 saturated heterocycles. The monoisotopic (exact) mass is 537 g/mol. The fourth-order valence-electron chi connectivity index (χ4n) is 5.91. The number of pyridine rings is 1. The first-order valence-electron chi connectivity index (χ1n) is 13.3. The summed E-state index contributed by atoms with van der Waals surface area (Å²) in [5.41, 5.74) is 10.2. The Morgan fingerprint density at radius 2 is 1.67 bits per heavy atom. The highest BCUT2D eigenvalue weighted by atomic mass is 32.1. The fourth-order valence-corrected chi connectivity index (χ4v) is 6.24. The van der Waals surface area contributed by atoms with Gasteiger partial charge in [-0.25, -0.2) is 0 Å². The highest BCUT2D eigenvalue weighted by Crippen LogP contribution is 2.42. The normalized spacial score (nSPS) is 16.8. The molecular weight excluding hydrogens is 502 g/mol. The number of carbonyl (C=O) groups excluding carboxylic acids is 1. The number of nitrogens with one attached hydrogen (secondary N) is 2. The smallest absolute Gasteiger partial charge is 0.226 e. The number of carbonyl (C=O) groups is 1. The lowest BCUT2D eigenvalue weighted by Gasteiger charge is -2.28. The van der Waals surface area contributed by atoms with E-state index in [2.05, 4.69) is 77.9 Å². The third kappa shape index (κ3) is 5.32. The van der Waals surface area contributed by atoms with Crippen molar-refractivity contribution in [3.8, 4) is 5.69 Å². The topological polar surface area (TPSA) is 62.2 Å². The van der Waals surface area contributed by atoms with E-state index in [9.17, 15) is 4.79 Å². The summed E-state index contributed by atoms with van der Waals surface area (Å²) in [4.78, 5) is 19.7. The molecule has 1 aliphatic heterocycles. The number of benzene rings is 2. The third-order valence-corrected chi connectivity index (χ3v) is 7.84. The molecule has 7 heteroatoms. The second-order valence-electron chi connectivity index (χ2n) is 10.4. The van der Waals surface area contributed by atoms with Crippen LogP contribution in [0.5, 0.6) is 0 Å². The van der Waals surface area contributed by atoms with Crippen molar-refractivity contribution in [1.29, 1.82) is 0 Å². The Balaban J connectivity index is 1.52. The van der Waals surface area contributed by atoms with Gasteiger partial charge in [0, 0.05) is 36.2 Å². The van der Waals surface area contributed by atoms with Gasteiger partial charge >= 0.3 is 0 Å². The minimum Gasteiger partial charge on any atom is -0.352 e. The van der Waals surface area contributed by atoms with E-state index < -0.39 is 0 Å². The molecule has 39 heavy (non-hydrogen) atoms. The van der Waals surface area contributed by atoms with Crippen LogP contribution in [0.4, 0.5) is 5.69 Å². The van der Waals surface area contributed by atoms with Crippen molar-refractivity contribution in [2.75, 3.05) is 11.9 Å². The van der Waals surface area contributed by atoms with Crippen LogP contribution >= 0.6 is 12.2 Å². The van der Waals surface area contributed by atoms with Gasteiger partial charge in [-0.15, -0.1) is 0 Å². The Morgan fingerprint density at radius 3 is 2.33 bits per heavy atom. The maximum absolute atomic E-state index is 12.9. The summed E-state index contributed by atoms with van der Waals surface area (Å²) in [6.45, 7) is 11.3. The maximum atomic E-state index is 12.9. The Kier molecular flexibility index (Phi) is 7.53. The van der Waals surface area contributed by atoms with Crippen LogP contribution in [-0.4, -0.2) is 32.0 Å². The van der Waals surface area contributed by atoms with Crippen molar-refractivity contribution in [3.63, 3.8) is 0 Å². The standard InChI is InChI=1S/C32H35N5OS/c1-20-17-21(2)30(22(3)18-20)37-23(4)19-26(24(37)5)31-29(27-13-9-10-15-33-27)35-32(39)36(31)16-14-28(38)34-25-11-7-6-8-12-25/h6-13,15,17-19,29,31H,14,16H2,1-5H3,(H,34,38)(H,35,39)/t29-,31-/m0/s1. The molecule has 4 aromatic rings. The molecule has 200 valence electrons. The van der Waals surface area contributed by atoms with Crippen molar-refractivity contribution in [2.45, 2.75) is 53.1 Å². The highest BCUT2D eigenvalue weighted by Gasteiger charge is 2.41. The van der Waals surface area contributed by atoms with Gasteiger partial charge in [-0.1, -0.05) is 42.0 Å². The van der Waals surface area contributed by atoms with Crippen LogP contribution in [0.25, 0.3) is 5.69 Å². The van der Waals surface area contributed by atoms with Crippen LogP contribution in [-0.2, 0) is 4.79 Å². The van der Waals surface area contributed by atoms with Crippen LogP contribution < -0.4 is 10.6 Å². The van der Waals surface area contributed by atoms with E-state index in [4.69, 9.17) is 12.2 Å². The molecular formula is C32H35N5OS. The minimum absolute atomic E-state index is 0.0413. The number of aryl methyl sites for hydroxylation is 4. The summed E-state index contributed by atoms with van der Waals surface area (Å²) in [7, 11) is 0. The van der Waals surface area contributed by atoms with Crippen molar-refractivity contribution >= 4 is 28.9 Å². The lowest BCUT2D eigenvalue weighted by Crippen LogP contribution is -2.32. The maximum Gasteiger partial charge on any atom is 0.226 e. The molecule has 0 bridgehead atoms. The van der Waals surface area contributed by atoms with Crippen molar-refractivity contribution in [3.05, 3.63) is 112 Å². The van der Waals surface area contributed by atoms with Gasteiger partial charge < -0.3 is 20.1 Å². The molecule has 1 amide bonds. The summed E-state index contributed by atoms with van der Waals surface area (Å²) in [5, 5.41) is 7.15. The predicted octanol–water partition coefficient (Wildman–Crippen LogP) is 6.42. The Morgan fingerprint density at radius 1 is 0.974 bits per heavy atom. The molecule has 0 aliphatic carbocycles. The number of anilines is 1. The van der Waals surface area contributed by atoms with Crippen molar-refractivity contribution in [1.82, 2.24) is 19.8 Å². The fraction of sp³-hybridized carbons (Fsp3) is 0.281. The number of para-hydroxylation sites is 1. The molecule has 0 unspecified atom stereocenters. The van der Waals surface area contributed by atoms with Crippen LogP contribution in [0, 0.1) is 34.6 Å². The van der Waals surface area contributed by atoms with Crippen molar-refractivity contribution in [2.24, 2.45) is 0 Å². The van der Waals surface area contributed by atoms with E-state index in [-0.39, 0.29) is 18.0 Å². The summed E-state index contributed by atoms with van der Waals surface area (Å²) in [6, 6.07) is 22.0. The van der Waals surface area contributed by atoms with Crippen LogP contribution in [0.2, 0.25) is 0 Å². The zero-order chi connectivity index (χ0) is 27.7. The minimum atomic E-state index is -0.134. The van der Waals surface area contributed by atoms with E-state index in [1.807, 2.05) is 54.7 Å². The summed E-state index contributed by atoms with van der Waals surface area (Å²) in [6.07, 6.45) is 2.13. The Labute approximate surface area is 236 Å². The van der Waals surface area contributed by atoms with Gasteiger partial charge in [-0.05, 0) is 93.9 Å². The zero-order valence-corrected chi connectivity index (χ0v) is 24.0. The van der Waals surface area contributed by atoms with Gasteiger partial charge in [-0.2, -0.15) is 0 Å². The van der Waals surface area contributed by atoms with E-state index in [1.54, 1.807) is 0 Å². The van der Waals surface area contributed by atoms with Gasteiger partial charge in [0.2, 0.25) is 5.91 Å². The van der Waals surface area contributed by atoms with Gasteiger partial charge in [0.25, 0.3) is 0 Å². The molecule has 0 radical (unpaired) electrons. The van der Waals surface area contributed by atoms with Gasteiger partial charge in [0.15, 0.2) is 5.11 Å². The van der Waals surface area contributed by atoms with Crippen molar-refractivity contribution < 1.29 is 4.79 Å². The number of thiocarbonyl (C=S) groups is 1. The summed E-state index contributed by atoms with van der Waals surface area (Å²) < 4.78 is 2.36. The van der Waals surface area contributed by atoms with Crippen LogP contribution in [0.15, 0.2) is 72.9 Å². The number of nitrogens with zero attached hydrogens (tertiary/aromatic N) is 3. The molecule has 2 aromatic heterocycles. The van der Waals surface area contributed by atoms with E-state index >= 15 is 0 Å². The Bertz CT molecular complexity index is 1490. The average molecular weight is 538 g/mol. The van der Waals surface area contributed by atoms with E-state index in [0.717, 1.165) is 17.1 Å². The molecule has 6 nitrogen and oxygen atoms in total. The first kappa shape index (κ1) is 26.6. The first-order chi connectivity index (χ1) is 18.7. The van der Waals surface area contributed by atoms with Crippen LogP contribution in [0.1, 0.15) is 57.8 Å². The predicted molar refractivity (Wildman–Crippen MR) is 161 cm³/mol. The largest absolute Gasteiger partial charge is 0.352 e. The number of hydrogen-bond donors (Lipinski definition) is 2. The summed E-state index contributed by atoms with van der Waals surface area (Å²) >= 11 is 5.86. The van der Waals surface area contributed by atoms with Gasteiger partial charge in [0.1, 0.15) is 0 Å². The quantitative estimate of drug-likeness (QED) is 0.267. The molecule has 1 fully saturated rings. The van der Waals surface area contributed by atoms with E-state index in [0.29, 0.717) is 18.1 Å². The third-order valence-electron chi connectivity index (χ3n) is 7.48.